The van der Waals surface area contributed by atoms with Gasteiger partial charge in [-0.15, -0.1) is 11.3 Å². The monoisotopic (exact) mass is 324 g/mol. The second kappa shape index (κ2) is 6.27. The van der Waals surface area contributed by atoms with Crippen LogP contribution in [0.1, 0.15) is 35.1 Å². The maximum atomic E-state index is 12.6. The number of aryl methyl sites for hydroxylation is 1. The van der Waals surface area contributed by atoms with E-state index in [0.29, 0.717) is 20.7 Å². The van der Waals surface area contributed by atoms with Gasteiger partial charge in [-0.05, 0) is 26.3 Å². The van der Waals surface area contributed by atoms with Gasteiger partial charge in [0.15, 0.2) is 0 Å². The molecule has 0 saturated carbocycles. The van der Waals surface area contributed by atoms with E-state index in [0.717, 1.165) is 11.3 Å². The van der Waals surface area contributed by atoms with Crippen LogP contribution < -0.4 is 5.56 Å². The number of nitrogens with zero attached hydrogens (tertiary/aromatic N) is 2. The summed E-state index contributed by atoms with van der Waals surface area (Å²) in [4.78, 5) is 41.0. The van der Waals surface area contributed by atoms with Gasteiger partial charge in [0.05, 0.1) is 25.4 Å². The Morgan fingerprint density at radius 3 is 2.73 bits per heavy atom. The summed E-state index contributed by atoms with van der Waals surface area (Å²) in [5.74, 6) is -1.02. The van der Waals surface area contributed by atoms with Crippen molar-refractivity contribution in [2.75, 3.05) is 13.7 Å². The Balaban J connectivity index is 2.61. The molecule has 0 unspecified atom stereocenters. The van der Waals surface area contributed by atoms with Gasteiger partial charge in [-0.25, -0.2) is 14.6 Å². The zero-order valence-corrected chi connectivity index (χ0v) is 13.5. The summed E-state index contributed by atoms with van der Waals surface area (Å²) in [7, 11) is 1.25. The number of hydrogen-bond acceptors (Lipinski definition) is 7. The van der Waals surface area contributed by atoms with Gasteiger partial charge in [-0.2, -0.15) is 0 Å². The Morgan fingerprint density at radius 2 is 2.14 bits per heavy atom. The Bertz CT molecular complexity index is 792. The van der Waals surface area contributed by atoms with Crippen LogP contribution in [0.2, 0.25) is 0 Å². The summed E-state index contributed by atoms with van der Waals surface area (Å²) in [6.07, 6.45) is 1.29. The summed E-state index contributed by atoms with van der Waals surface area (Å²) >= 11 is 1.11. The summed E-state index contributed by atoms with van der Waals surface area (Å²) in [6.45, 7) is 5.18. The van der Waals surface area contributed by atoms with Gasteiger partial charge in [0.2, 0.25) is 0 Å². The van der Waals surface area contributed by atoms with Crippen molar-refractivity contribution in [3.63, 3.8) is 0 Å². The lowest BCUT2D eigenvalue weighted by molar-refractivity contribution is -0.144. The maximum absolute atomic E-state index is 12.6. The van der Waals surface area contributed by atoms with Crippen LogP contribution in [-0.4, -0.2) is 35.2 Å². The van der Waals surface area contributed by atoms with E-state index in [9.17, 15) is 14.4 Å². The lowest BCUT2D eigenvalue weighted by Gasteiger charge is -2.11. The maximum Gasteiger partial charge on any atom is 0.348 e. The van der Waals surface area contributed by atoms with Crippen LogP contribution >= 0.6 is 11.3 Å². The number of rotatable bonds is 4. The third kappa shape index (κ3) is 2.61. The smallest absolute Gasteiger partial charge is 0.348 e. The SMILES string of the molecule is CCOC(=O)c1sc2ncn([C@H](C)C(=O)OC)c(=O)c2c1C. The molecule has 2 heterocycles. The minimum atomic E-state index is -0.792. The molecule has 0 bridgehead atoms. The normalized spacial score (nSPS) is 12.2. The van der Waals surface area contributed by atoms with E-state index in [1.165, 1.54) is 18.0 Å². The first kappa shape index (κ1) is 16.2. The molecular formula is C14H16N2O5S. The van der Waals surface area contributed by atoms with Crippen molar-refractivity contribution < 1.29 is 19.1 Å². The van der Waals surface area contributed by atoms with Crippen molar-refractivity contribution in [1.29, 1.82) is 0 Å². The van der Waals surface area contributed by atoms with Gasteiger partial charge in [-0.1, -0.05) is 0 Å². The molecule has 0 spiro atoms. The van der Waals surface area contributed by atoms with Crippen LogP contribution in [-0.2, 0) is 14.3 Å². The fourth-order valence-corrected chi connectivity index (χ4v) is 3.12. The Kier molecular flexibility index (Phi) is 4.60. The van der Waals surface area contributed by atoms with E-state index < -0.39 is 18.0 Å². The standard InChI is InChI=1S/C14H16N2O5S/c1-5-21-14(19)10-7(2)9-11(22-10)15-6-16(12(9)17)8(3)13(18)20-4/h6,8H,5H2,1-4H3/t8-/m1/s1. The van der Waals surface area contributed by atoms with Gasteiger partial charge in [0, 0.05) is 0 Å². The highest BCUT2D eigenvalue weighted by Crippen LogP contribution is 2.27. The number of esters is 2. The fraction of sp³-hybridized carbons (Fsp3) is 0.429. The molecule has 118 valence electrons. The van der Waals surface area contributed by atoms with Crippen molar-refractivity contribution >= 4 is 33.5 Å². The van der Waals surface area contributed by atoms with Crippen molar-refractivity contribution in [1.82, 2.24) is 9.55 Å². The zero-order chi connectivity index (χ0) is 16.4. The van der Waals surface area contributed by atoms with E-state index in [4.69, 9.17) is 4.74 Å². The first-order valence-corrected chi connectivity index (χ1v) is 7.49. The lowest BCUT2D eigenvalue weighted by atomic mass is 10.2. The molecule has 8 heteroatoms. The number of carbonyl (C=O) groups is 2. The Labute approximate surface area is 130 Å². The number of hydrogen-bond donors (Lipinski definition) is 0. The van der Waals surface area contributed by atoms with Gasteiger partial charge >= 0.3 is 11.9 Å². The molecule has 22 heavy (non-hydrogen) atoms. The molecule has 0 aliphatic heterocycles. The number of thiophene rings is 1. The molecule has 0 aliphatic rings. The summed E-state index contributed by atoms with van der Waals surface area (Å²) in [5, 5.41) is 0.325. The molecule has 1 atom stereocenters. The third-order valence-electron chi connectivity index (χ3n) is 3.30. The number of fused-ring (bicyclic) bond motifs is 1. The van der Waals surface area contributed by atoms with E-state index in [-0.39, 0.29) is 12.2 Å². The quantitative estimate of drug-likeness (QED) is 0.795. The summed E-state index contributed by atoms with van der Waals surface area (Å²) in [6, 6.07) is -0.792. The van der Waals surface area contributed by atoms with Crippen LogP contribution in [0, 0.1) is 6.92 Å². The summed E-state index contributed by atoms with van der Waals surface area (Å²) < 4.78 is 10.8. The molecule has 0 amide bonds. The number of carbonyl (C=O) groups excluding carboxylic acids is 2. The van der Waals surface area contributed by atoms with Crippen LogP contribution in [0.25, 0.3) is 10.2 Å². The number of methoxy groups -OCH3 is 1. The number of aromatic nitrogens is 2. The van der Waals surface area contributed by atoms with E-state index in [1.807, 2.05) is 0 Å². The minimum Gasteiger partial charge on any atom is -0.467 e. The van der Waals surface area contributed by atoms with Crippen LogP contribution in [0.15, 0.2) is 11.1 Å². The topological polar surface area (TPSA) is 87.5 Å². The molecule has 7 nitrogen and oxygen atoms in total. The molecule has 2 rings (SSSR count). The lowest BCUT2D eigenvalue weighted by Crippen LogP contribution is -2.29. The molecule has 0 saturated heterocycles. The second-order valence-corrected chi connectivity index (χ2v) is 5.61. The Hall–Kier alpha value is -2.22. The average Bonchev–Trinajstić information content (AvgIpc) is 2.84. The summed E-state index contributed by atoms with van der Waals surface area (Å²) in [5.41, 5.74) is 0.134. The van der Waals surface area contributed by atoms with Gasteiger partial charge < -0.3 is 9.47 Å². The van der Waals surface area contributed by atoms with E-state index in [2.05, 4.69) is 9.72 Å². The predicted molar refractivity (Wildman–Crippen MR) is 81.3 cm³/mol. The third-order valence-corrected chi connectivity index (χ3v) is 4.48. The molecular weight excluding hydrogens is 308 g/mol. The fourth-order valence-electron chi connectivity index (χ4n) is 2.09. The highest BCUT2D eigenvalue weighted by molar-refractivity contribution is 7.20. The van der Waals surface area contributed by atoms with Crippen molar-refractivity contribution in [2.45, 2.75) is 26.8 Å². The van der Waals surface area contributed by atoms with Crippen LogP contribution in [0.5, 0.6) is 0 Å². The highest BCUT2D eigenvalue weighted by Gasteiger charge is 2.23. The molecule has 2 aromatic rings. The molecule has 0 fully saturated rings. The first-order valence-electron chi connectivity index (χ1n) is 6.67. The van der Waals surface area contributed by atoms with Crippen molar-refractivity contribution in [2.24, 2.45) is 0 Å². The van der Waals surface area contributed by atoms with Gasteiger partial charge in [0.25, 0.3) is 5.56 Å². The average molecular weight is 324 g/mol. The van der Waals surface area contributed by atoms with Crippen molar-refractivity contribution in [3.05, 3.63) is 27.1 Å². The van der Waals surface area contributed by atoms with Gasteiger partial charge in [-0.3, -0.25) is 9.36 Å². The minimum absolute atomic E-state index is 0.254. The number of ether oxygens (including phenoxy) is 2. The van der Waals surface area contributed by atoms with E-state index in [1.54, 1.807) is 20.8 Å². The molecule has 2 aromatic heterocycles. The van der Waals surface area contributed by atoms with Gasteiger partial charge in [0.1, 0.15) is 15.7 Å². The molecule has 0 aliphatic carbocycles. The molecule has 0 aromatic carbocycles. The Morgan fingerprint density at radius 1 is 1.45 bits per heavy atom. The van der Waals surface area contributed by atoms with E-state index >= 15 is 0 Å². The first-order chi connectivity index (χ1) is 10.4. The predicted octanol–water partition coefficient (Wildman–Crippen LogP) is 1.68. The second-order valence-electron chi connectivity index (χ2n) is 4.61. The molecule has 0 radical (unpaired) electrons. The molecule has 0 N–H and O–H groups in total. The largest absolute Gasteiger partial charge is 0.467 e. The highest BCUT2D eigenvalue weighted by atomic mass is 32.1. The van der Waals surface area contributed by atoms with Crippen LogP contribution in [0.3, 0.4) is 0 Å². The zero-order valence-electron chi connectivity index (χ0n) is 12.7. The van der Waals surface area contributed by atoms with Crippen molar-refractivity contribution in [3.8, 4) is 0 Å². The van der Waals surface area contributed by atoms with Crippen LogP contribution in [0.4, 0.5) is 0 Å².